The van der Waals surface area contributed by atoms with Crippen molar-refractivity contribution >= 4 is 21.6 Å². The fourth-order valence-corrected chi connectivity index (χ4v) is 1.76. The molecule has 2 nitrogen and oxygen atoms in total. The van der Waals surface area contributed by atoms with Gasteiger partial charge in [-0.05, 0) is 45.8 Å². The largest absolute Gasteiger partial charge is 0.379 e. The summed E-state index contributed by atoms with van der Waals surface area (Å²) in [6.07, 6.45) is 1.66. The standard InChI is InChI=1S/C12H9BrF2N2/c13-12-11(2-1-5-16-12)17-7-8-3-4-9(14)10(15)6-8/h1-6,17H,7H2. The van der Waals surface area contributed by atoms with Crippen LogP contribution in [-0.4, -0.2) is 4.98 Å². The van der Waals surface area contributed by atoms with Crippen LogP contribution in [0, 0.1) is 11.6 Å². The van der Waals surface area contributed by atoms with E-state index >= 15 is 0 Å². The number of benzene rings is 1. The monoisotopic (exact) mass is 298 g/mol. The zero-order chi connectivity index (χ0) is 12.3. The van der Waals surface area contributed by atoms with E-state index < -0.39 is 11.6 Å². The van der Waals surface area contributed by atoms with E-state index in [9.17, 15) is 8.78 Å². The Morgan fingerprint density at radius 3 is 2.71 bits per heavy atom. The number of rotatable bonds is 3. The van der Waals surface area contributed by atoms with Gasteiger partial charge in [0.15, 0.2) is 11.6 Å². The SMILES string of the molecule is Fc1ccc(CNc2cccnc2Br)cc1F. The lowest BCUT2D eigenvalue weighted by Gasteiger charge is -2.07. The zero-order valence-electron chi connectivity index (χ0n) is 8.75. The second-order valence-corrected chi connectivity index (χ2v) is 4.19. The highest BCUT2D eigenvalue weighted by Crippen LogP contribution is 2.19. The van der Waals surface area contributed by atoms with Gasteiger partial charge < -0.3 is 5.32 Å². The van der Waals surface area contributed by atoms with Gasteiger partial charge in [-0.3, -0.25) is 0 Å². The number of pyridine rings is 1. The molecule has 0 saturated heterocycles. The average Bonchev–Trinajstić information content (AvgIpc) is 2.32. The minimum Gasteiger partial charge on any atom is -0.379 e. The number of hydrogen-bond acceptors (Lipinski definition) is 2. The van der Waals surface area contributed by atoms with Crippen molar-refractivity contribution < 1.29 is 8.78 Å². The average molecular weight is 299 g/mol. The summed E-state index contributed by atoms with van der Waals surface area (Å²) in [4.78, 5) is 4.04. The second-order valence-electron chi connectivity index (χ2n) is 3.44. The van der Waals surface area contributed by atoms with Gasteiger partial charge in [0.1, 0.15) is 4.60 Å². The number of anilines is 1. The van der Waals surface area contributed by atoms with Gasteiger partial charge in [-0.1, -0.05) is 6.07 Å². The Bertz CT molecular complexity index is 532. The molecule has 0 aliphatic rings. The van der Waals surface area contributed by atoms with Gasteiger partial charge in [0.05, 0.1) is 5.69 Å². The molecule has 2 aromatic rings. The summed E-state index contributed by atoms with van der Waals surface area (Å²) in [7, 11) is 0. The lowest BCUT2D eigenvalue weighted by molar-refractivity contribution is 0.507. The first-order valence-corrected chi connectivity index (χ1v) is 5.74. The Morgan fingerprint density at radius 2 is 2.00 bits per heavy atom. The number of hydrogen-bond donors (Lipinski definition) is 1. The molecule has 0 aliphatic heterocycles. The summed E-state index contributed by atoms with van der Waals surface area (Å²) in [5, 5.41) is 3.08. The minimum atomic E-state index is -0.838. The van der Waals surface area contributed by atoms with Crippen LogP contribution in [0.25, 0.3) is 0 Å². The Labute approximate surface area is 106 Å². The van der Waals surface area contributed by atoms with Crippen LogP contribution in [0.1, 0.15) is 5.56 Å². The highest BCUT2D eigenvalue weighted by molar-refractivity contribution is 9.10. The third kappa shape index (κ3) is 3.00. The smallest absolute Gasteiger partial charge is 0.159 e. The molecule has 0 spiro atoms. The van der Waals surface area contributed by atoms with Crippen LogP contribution in [0.5, 0.6) is 0 Å². The van der Waals surface area contributed by atoms with Crippen molar-refractivity contribution in [3.8, 4) is 0 Å². The van der Waals surface area contributed by atoms with Gasteiger partial charge in [0.25, 0.3) is 0 Å². The number of nitrogens with zero attached hydrogens (tertiary/aromatic N) is 1. The lowest BCUT2D eigenvalue weighted by Crippen LogP contribution is -2.01. The van der Waals surface area contributed by atoms with Gasteiger partial charge in [-0.15, -0.1) is 0 Å². The summed E-state index contributed by atoms with van der Waals surface area (Å²) in [5.41, 5.74) is 1.47. The third-order valence-electron chi connectivity index (χ3n) is 2.23. The Balaban J connectivity index is 2.08. The summed E-state index contributed by atoms with van der Waals surface area (Å²) in [6, 6.07) is 7.46. The van der Waals surface area contributed by atoms with Crippen molar-refractivity contribution in [2.24, 2.45) is 0 Å². The molecule has 0 atom stereocenters. The maximum Gasteiger partial charge on any atom is 0.159 e. The summed E-state index contributed by atoms with van der Waals surface area (Å²) in [6.45, 7) is 0.404. The molecule has 0 fully saturated rings. The molecule has 0 amide bonds. The third-order valence-corrected chi connectivity index (χ3v) is 2.86. The van der Waals surface area contributed by atoms with E-state index in [1.807, 2.05) is 6.07 Å². The fraction of sp³-hybridized carbons (Fsp3) is 0.0833. The van der Waals surface area contributed by atoms with E-state index in [0.29, 0.717) is 16.7 Å². The van der Waals surface area contributed by atoms with E-state index in [0.717, 1.165) is 11.8 Å². The first-order valence-electron chi connectivity index (χ1n) is 4.95. The molecule has 1 N–H and O–H groups in total. The molecule has 88 valence electrons. The maximum atomic E-state index is 13.0. The second kappa shape index (κ2) is 5.23. The molecule has 0 unspecified atom stereocenters. The summed E-state index contributed by atoms with van der Waals surface area (Å²) >= 11 is 3.29. The van der Waals surface area contributed by atoms with Gasteiger partial charge in [-0.2, -0.15) is 0 Å². The van der Waals surface area contributed by atoms with Crippen molar-refractivity contribution in [2.75, 3.05) is 5.32 Å². The van der Waals surface area contributed by atoms with Gasteiger partial charge in [0, 0.05) is 12.7 Å². The molecule has 5 heteroatoms. The molecule has 0 radical (unpaired) electrons. The lowest BCUT2D eigenvalue weighted by atomic mass is 10.2. The predicted octanol–water partition coefficient (Wildman–Crippen LogP) is 3.73. The predicted molar refractivity (Wildman–Crippen MR) is 65.6 cm³/mol. The van der Waals surface area contributed by atoms with E-state index in [1.54, 1.807) is 12.3 Å². The molecule has 2 rings (SSSR count). The van der Waals surface area contributed by atoms with E-state index in [2.05, 4.69) is 26.2 Å². The minimum absolute atomic E-state index is 0.404. The van der Waals surface area contributed by atoms with E-state index in [4.69, 9.17) is 0 Å². The van der Waals surface area contributed by atoms with Crippen molar-refractivity contribution in [1.29, 1.82) is 0 Å². The number of aromatic nitrogens is 1. The van der Waals surface area contributed by atoms with Crippen LogP contribution in [0.4, 0.5) is 14.5 Å². The normalized spacial score (nSPS) is 10.3. The number of halogens is 3. The Hall–Kier alpha value is -1.49. The molecule has 1 aromatic heterocycles. The molecule has 1 aromatic carbocycles. The maximum absolute atomic E-state index is 13.0. The first-order chi connectivity index (χ1) is 8.16. The molecule has 0 bridgehead atoms. The van der Waals surface area contributed by atoms with Gasteiger partial charge in [-0.25, -0.2) is 13.8 Å². The highest BCUT2D eigenvalue weighted by atomic mass is 79.9. The first kappa shape index (κ1) is 12.0. The topological polar surface area (TPSA) is 24.9 Å². The van der Waals surface area contributed by atoms with E-state index in [-0.39, 0.29) is 0 Å². The molecule has 1 heterocycles. The van der Waals surface area contributed by atoms with E-state index in [1.165, 1.54) is 12.1 Å². The zero-order valence-corrected chi connectivity index (χ0v) is 10.3. The number of nitrogens with one attached hydrogen (secondary N) is 1. The van der Waals surface area contributed by atoms with Crippen LogP contribution in [0.15, 0.2) is 41.1 Å². The Kier molecular flexibility index (Phi) is 3.68. The molecule has 17 heavy (non-hydrogen) atoms. The molecule has 0 saturated carbocycles. The molecular weight excluding hydrogens is 290 g/mol. The van der Waals surface area contributed by atoms with Gasteiger partial charge >= 0.3 is 0 Å². The van der Waals surface area contributed by atoms with Crippen LogP contribution >= 0.6 is 15.9 Å². The summed E-state index contributed by atoms with van der Waals surface area (Å²) < 4.78 is 26.4. The molecule has 0 aliphatic carbocycles. The van der Waals surface area contributed by atoms with Gasteiger partial charge in [0.2, 0.25) is 0 Å². The molecular formula is C12H9BrF2N2. The fourth-order valence-electron chi connectivity index (χ4n) is 1.36. The summed E-state index contributed by atoms with van der Waals surface area (Å²) in [5.74, 6) is -1.68. The van der Waals surface area contributed by atoms with Crippen molar-refractivity contribution in [3.63, 3.8) is 0 Å². The highest BCUT2D eigenvalue weighted by Gasteiger charge is 2.03. The van der Waals surface area contributed by atoms with Crippen LogP contribution in [0.2, 0.25) is 0 Å². The van der Waals surface area contributed by atoms with Crippen molar-refractivity contribution in [1.82, 2.24) is 4.98 Å². The van der Waals surface area contributed by atoms with Crippen LogP contribution < -0.4 is 5.32 Å². The van der Waals surface area contributed by atoms with Crippen LogP contribution in [0.3, 0.4) is 0 Å². The van der Waals surface area contributed by atoms with Crippen molar-refractivity contribution in [2.45, 2.75) is 6.54 Å². The quantitative estimate of drug-likeness (QED) is 0.873. The van der Waals surface area contributed by atoms with Crippen molar-refractivity contribution in [3.05, 3.63) is 58.3 Å². The van der Waals surface area contributed by atoms with Crippen LogP contribution in [-0.2, 0) is 6.54 Å². The Morgan fingerprint density at radius 1 is 1.18 bits per heavy atom.